The SMILES string of the molecule is COC(=O)C(C)NC(=O)c1cc(F)c(F)c(F)c1. The molecule has 0 fully saturated rings. The van der Waals surface area contributed by atoms with Crippen molar-refractivity contribution in [3.8, 4) is 0 Å². The zero-order chi connectivity index (χ0) is 13.9. The van der Waals surface area contributed by atoms with Gasteiger partial charge in [0.1, 0.15) is 6.04 Å². The molecule has 1 amide bonds. The van der Waals surface area contributed by atoms with E-state index in [0.717, 1.165) is 7.11 Å². The van der Waals surface area contributed by atoms with E-state index < -0.39 is 40.9 Å². The zero-order valence-electron chi connectivity index (χ0n) is 9.59. The van der Waals surface area contributed by atoms with Crippen LogP contribution >= 0.6 is 0 Å². The van der Waals surface area contributed by atoms with E-state index in [9.17, 15) is 22.8 Å². The summed E-state index contributed by atoms with van der Waals surface area (Å²) in [6.07, 6.45) is 0. The molecule has 0 saturated heterocycles. The van der Waals surface area contributed by atoms with Crippen molar-refractivity contribution in [3.05, 3.63) is 35.1 Å². The first-order chi connectivity index (χ1) is 8.36. The van der Waals surface area contributed by atoms with E-state index in [0.29, 0.717) is 12.1 Å². The van der Waals surface area contributed by atoms with Crippen LogP contribution in [-0.2, 0) is 9.53 Å². The first-order valence-electron chi connectivity index (χ1n) is 4.90. The van der Waals surface area contributed by atoms with Gasteiger partial charge >= 0.3 is 5.97 Å². The monoisotopic (exact) mass is 261 g/mol. The molecule has 1 N–H and O–H groups in total. The molecule has 0 aromatic heterocycles. The second kappa shape index (κ2) is 5.52. The molecular formula is C11H10F3NO3. The molecule has 0 bridgehead atoms. The lowest BCUT2D eigenvalue weighted by Gasteiger charge is -2.11. The highest BCUT2D eigenvalue weighted by Gasteiger charge is 2.19. The molecule has 1 rings (SSSR count). The predicted octanol–water partition coefficient (Wildman–Crippen LogP) is 1.40. The number of hydrogen-bond donors (Lipinski definition) is 1. The molecule has 18 heavy (non-hydrogen) atoms. The Morgan fingerprint density at radius 1 is 1.22 bits per heavy atom. The third-order valence-electron chi connectivity index (χ3n) is 2.15. The van der Waals surface area contributed by atoms with Gasteiger partial charge in [-0.05, 0) is 19.1 Å². The molecule has 1 aromatic rings. The van der Waals surface area contributed by atoms with E-state index in [-0.39, 0.29) is 0 Å². The first kappa shape index (κ1) is 14.0. The second-order valence-corrected chi connectivity index (χ2v) is 3.47. The number of halogens is 3. The van der Waals surface area contributed by atoms with E-state index in [2.05, 4.69) is 10.1 Å². The van der Waals surface area contributed by atoms with Crippen molar-refractivity contribution >= 4 is 11.9 Å². The smallest absolute Gasteiger partial charge is 0.328 e. The van der Waals surface area contributed by atoms with Crippen molar-refractivity contribution in [3.63, 3.8) is 0 Å². The van der Waals surface area contributed by atoms with Crippen LogP contribution < -0.4 is 5.32 Å². The van der Waals surface area contributed by atoms with Crippen LogP contribution in [0.3, 0.4) is 0 Å². The number of carbonyl (C=O) groups excluding carboxylic acids is 2. The maximum Gasteiger partial charge on any atom is 0.328 e. The fourth-order valence-corrected chi connectivity index (χ4v) is 1.20. The summed E-state index contributed by atoms with van der Waals surface area (Å²) in [6.45, 7) is 1.33. The lowest BCUT2D eigenvalue weighted by atomic mass is 10.2. The number of rotatable bonds is 3. The minimum Gasteiger partial charge on any atom is -0.467 e. The molecule has 1 aromatic carbocycles. The molecule has 4 nitrogen and oxygen atoms in total. The lowest BCUT2D eigenvalue weighted by molar-refractivity contribution is -0.142. The Morgan fingerprint density at radius 2 is 1.72 bits per heavy atom. The van der Waals surface area contributed by atoms with Gasteiger partial charge in [-0.15, -0.1) is 0 Å². The third-order valence-corrected chi connectivity index (χ3v) is 2.15. The van der Waals surface area contributed by atoms with Crippen LogP contribution in [0.5, 0.6) is 0 Å². The van der Waals surface area contributed by atoms with Crippen molar-refractivity contribution in [2.75, 3.05) is 7.11 Å². The molecule has 0 saturated carbocycles. The molecule has 1 unspecified atom stereocenters. The summed E-state index contributed by atoms with van der Waals surface area (Å²) in [7, 11) is 1.13. The van der Waals surface area contributed by atoms with E-state index in [1.165, 1.54) is 6.92 Å². The summed E-state index contributed by atoms with van der Waals surface area (Å²) in [4.78, 5) is 22.5. The van der Waals surface area contributed by atoms with E-state index in [4.69, 9.17) is 0 Å². The summed E-state index contributed by atoms with van der Waals surface area (Å²) in [5.74, 6) is -6.25. The first-order valence-corrected chi connectivity index (χ1v) is 4.90. The molecule has 1 atom stereocenters. The molecule has 0 aliphatic rings. The highest BCUT2D eigenvalue weighted by molar-refractivity contribution is 5.96. The van der Waals surface area contributed by atoms with Gasteiger partial charge in [-0.1, -0.05) is 0 Å². The van der Waals surface area contributed by atoms with Gasteiger partial charge in [-0.3, -0.25) is 4.79 Å². The summed E-state index contributed by atoms with van der Waals surface area (Å²) in [5, 5.41) is 2.15. The molecule has 0 aliphatic carbocycles. The fourth-order valence-electron chi connectivity index (χ4n) is 1.20. The standard InChI is InChI=1S/C11H10F3NO3/c1-5(11(17)18-2)15-10(16)6-3-7(12)9(14)8(13)4-6/h3-5H,1-2H3,(H,15,16). The molecule has 0 spiro atoms. The lowest BCUT2D eigenvalue weighted by Crippen LogP contribution is -2.39. The Bertz CT molecular complexity index is 467. The topological polar surface area (TPSA) is 55.4 Å². The minimum absolute atomic E-state index is 0.429. The second-order valence-electron chi connectivity index (χ2n) is 3.47. The number of benzene rings is 1. The van der Waals surface area contributed by atoms with Crippen molar-refractivity contribution < 1.29 is 27.5 Å². The highest BCUT2D eigenvalue weighted by Crippen LogP contribution is 2.13. The number of ether oxygens (including phenoxy) is 1. The van der Waals surface area contributed by atoms with E-state index >= 15 is 0 Å². The molecule has 0 heterocycles. The van der Waals surface area contributed by atoms with Crippen molar-refractivity contribution in [2.45, 2.75) is 13.0 Å². The van der Waals surface area contributed by atoms with Crippen LogP contribution in [0.25, 0.3) is 0 Å². The zero-order valence-corrected chi connectivity index (χ0v) is 9.59. The summed E-state index contributed by atoms with van der Waals surface area (Å²) >= 11 is 0. The normalized spacial score (nSPS) is 11.8. The largest absolute Gasteiger partial charge is 0.467 e. The Morgan fingerprint density at radius 3 is 2.17 bits per heavy atom. The van der Waals surface area contributed by atoms with Gasteiger partial charge in [0.05, 0.1) is 7.11 Å². The number of esters is 1. The van der Waals surface area contributed by atoms with Gasteiger partial charge in [0, 0.05) is 5.56 Å². The number of amides is 1. The van der Waals surface area contributed by atoms with Gasteiger partial charge in [0.2, 0.25) is 0 Å². The Labute approximate surface area is 101 Å². The highest BCUT2D eigenvalue weighted by atomic mass is 19.2. The Kier molecular flexibility index (Phi) is 4.30. The van der Waals surface area contributed by atoms with E-state index in [1.54, 1.807) is 0 Å². The molecular weight excluding hydrogens is 251 g/mol. The van der Waals surface area contributed by atoms with Crippen molar-refractivity contribution in [1.82, 2.24) is 5.32 Å². The molecule has 0 radical (unpaired) electrons. The number of carbonyl (C=O) groups is 2. The Hall–Kier alpha value is -2.05. The number of hydrogen-bond acceptors (Lipinski definition) is 3. The summed E-state index contributed by atoms with van der Waals surface area (Å²) in [6, 6.07) is 0.0915. The van der Waals surface area contributed by atoms with Crippen LogP contribution in [0.4, 0.5) is 13.2 Å². The third kappa shape index (κ3) is 2.99. The fraction of sp³-hybridized carbons (Fsp3) is 0.273. The quantitative estimate of drug-likeness (QED) is 0.661. The number of methoxy groups -OCH3 is 1. The summed E-state index contributed by atoms with van der Waals surface area (Å²) in [5.41, 5.74) is -0.429. The maximum atomic E-state index is 12.9. The van der Waals surface area contributed by atoms with Gasteiger partial charge in [0.15, 0.2) is 17.5 Å². The van der Waals surface area contributed by atoms with Crippen LogP contribution in [0.15, 0.2) is 12.1 Å². The van der Waals surface area contributed by atoms with Crippen LogP contribution in [0.1, 0.15) is 17.3 Å². The Balaban J connectivity index is 2.89. The minimum atomic E-state index is -1.66. The van der Waals surface area contributed by atoms with Crippen LogP contribution in [0.2, 0.25) is 0 Å². The average Bonchev–Trinajstić information content (AvgIpc) is 2.33. The van der Waals surface area contributed by atoms with Crippen LogP contribution in [-0.4, -0.2) is 25.0 Å². The molecule has 7 heteroatoms. The van der Waals surface area contributed by atoms with Gasteiger partial charge in [-0.2, -0.15) is 0 Å². The molecule has 98 valence electrons. The molecule has 0 aliphatic heterocycles. The average molecular weight is 261 g/mol. The van der Waals surface area contributed by atoms with Gasteiger partial charge in [0.25, 0.3) is 5.91 Å². The van der Waals surface area contributed by atoms with Crippen molar-refractivity contribution in [1.29, 1.82) is 0 Å². The summed E-state index contributed by atoms with van der Waals surface area (Å²) < 4.78 is 42.8. The predicted molar refractivity (Wildman–Crippen MR) is 55.3 cm³/mol. The van der Waals surface area contributed by atoms with Crippen LogP contribution in [0, 0.1) is 17.5 Å². The van der Waals surface area contributed by atoms with E-state index in [1.807, 2.05) is 0 Å². The van der Waals surface area contributed by atoms with Crippen molar-refractivity contribution in [2.24, 2.45) is 0 Å². The van der Waals surface area contributed by atoms with Gasteiger partial charge < -0.3 is 10.1 Å². The van der Waals surface area contributed by atoms with Gasteiger partial charge in [-0.25, -0.2) is 18.0 Å². The maximum absolute atomic E-state index is 12.9. The number of nitrogens with one attached hydrogen (secondary N) is 1.